The second-order valence-electron chi connectivity index (χ2n) is 5.40. The lowest BCUT2D eigenvalue weighted by molar-refractivity contribution is -0.324. The number of ether oxygens (including phenoxy) is 4. The Bertz CT molecular complexity index is 261. The average Bonchev–Trinajstić information content (AvgIpc) is 2.92. The van der Waals surface area contributed by atoms with Crippen LogP contribution in [0.15, 0.2) is 0 Å². The molecule has 0 N–H and O–H groups in total. The molecule has 2 spiro atoms. The lowest BCUT2D eigenvalue weighted by atomic mass is 9.63. The summed E-state index contributed by atoms with van der Waals surface area (Å²) in [5.74, 6) is 0.337. The van der Waals surface area contributed by atoms with Gasteiger partial charge in [-0.25, -0.2) is 0 Å². The fourth-order valence-electron chi connectivity index (χ4n) is 4.03. The van der Waals surface area contributed by atoms with Crippen LogP contribution < -0.4 is 0 Å². The monoisotopic (exact) mass is 226 g/mol. The molecule has 2 aliphatic heterocycles. The zero-order valence-corrected chi connectivity index (χ0v) is 9.44. The Hall–Kier alpha value is -0.160. The van der Waals surface area contributed by atoms with Gasteiger partial charge in [0.2, 0.25) is 0 Å². The highest BCUT2D eigenvalue weighted by Crippen LogP contribution is 2.57. The zero-order valence-electron chi connectivity index (χ0n) is 9.44. The van der Waals surface area contributed by atoms with Crippen LogP contribution in [-0.4, -0.2) is 38.0 Å². The SMILES string of the molecule is C1COC2(CC3CCC2CC32OCCO2)O1. The van der Waals surface area contributed by atoms with E-state index < -0.39 is 0 Å². The molecule has 2 heterocycles. The van der Waals surface area contributed by atoms with Crippen LogP contribution in [0.3, 0.4) is 0 Å². The van der Waals surface area contributed by atoms with Crippen molar-refractivity contribution >= 4 is 0 Å². The third-order valence-electron chi connectivity index (χ3n) is 4.72. The van der Waals surface area contributed by atoms with Gasteiger partial charge in [0.15, 0.2) is 11.6 Å². The third kappa shape index (κ3) is 1.13. The van der Waals surface area contributed by atoms with Gasteiger partial charge in [0.1, 0.15) is 0 Å². The average molecular weight is 226 g/mol. The summed E-state index contributed by atoms with van der Waals surface area (Å²) in [7, 11) is 0. The fraction of sp³-hybridized carbons (Fsp3) is 1.00. The predicted molar refractivity (Wildman–Crippen MR) is 54.7 cm³/mol. The van der Waals surface area contributed by atoms with E-state index >= 15 is 0 Å². The van der Waals surface area contributed by atoms with Crippen molar-refractivity contribution in [3.8, 4) is 0 Å². The normalized spacial score (nSPS) is 43.5. The van der Waals surface area contributed by atoms with E-state index in [4.69, 9.17) is 18.9 Å². The molecular weight excluding hydrogens is 208 g/mol. The second kappa shape index (κ2) is 3.19. The van der Waals surface area contributed by atoms with Crippen LogP contribution in [0, 0.1) is 11.8 Å². The summed E-state index contributed by atoms with van der Waals surface area (Å²) in [5.41, 5.74) is 0. The number of rotatable bonds is 0. The van der Waals surface area contributed by atoms with Crippen molar-refractivity contribution in [3.63, 3.8) is 0 Å². The number of hydrogen-bond donors (Lipinski definition) is 0. The maximum absolute atomic E-state index is 5.88. The van der Waals surface area contributed by atoms with Crippen molar-refractivity contribution in [2.45, 2.75) is 37.3 Å². The van der Waals surface area contributed by atoms with Gasteiger partial charge < -0.3 is 18.9 Å². The molecule has 0 aromatic carbocycles. The summed E-state index contributed by atoms with van der Waals surface area (Å²) in [6.45, 7) is 2.99. The minimum absolute atomic E-state index is 0.288. The van der Waals surface area contributed by atoms with Gasteiger partial charge >= 0.3 is 0 Å². The van der Waals surface area contributed by atoms with Crippen LogP contribution in [-0.2, 0) is 18.9 Å². The summed E-state index contributed by atoms with van der Waals surface area (Å²) in [6.07, 6.45) is 4.30. The molecule has 0 aromatic heterocycles. The van der Waals surface area contributed by atoms with Crippen LogP contribution in [0.5, 0.6) is 0 Å². The van der Waals surface area contributed by atoms with Gasteiger partial charge in [0, 0.05) is 24.7 Å². The van der Waals surface area contributed by atoms with E-state index in [-0.39, 0.29) is 11.6 Å². The van der Waals surface area contributed by atoms with Gasteiger partial charge in [-0.15, -0.1) is 0 Å². The molecule has 0 amide bonds. The van der Waals surface area contributed by atoms with Gasteiger partial charge in [-0.05, 0) is 12.8 Å². The Morgan fingerprint density at radius 1 is 0.625 bits per heavy atom. The van der Waals surface area contributed by atoms with E-state index in [1.807, 2.05) is 0 Å². The quantitative estimate of drug-likeness (QED) is 0.623. The van der Waals surface area contributed by atoms with Crippen molar-refractivity contribution in [1.29, 1.82) is 0 Å². The van der Waals surface area contributed by atoms with Crippen molar-refractivity contribution in [2.75, 3.05) is 26.4 Å². The van der Waals surface area contributed by atoms with Gasteiger partial charge in [0.05, 0.1) is 26.4 Å². The van der Waals surface area contributed by atoms with Crippen molar-refractivity contribution in [3.05, 3.63) is 0 Å². The first-order valence-corrected chi connectivity index (χ1v) is 6.39. The van der Waals surface area contributed by atoms with Crippen LogP contribution >= 0.6 is 0 Å². The van der Waals surface area contributed by atoms with E-state index in [0.717, 1.165) is 39.3 Å². The molecule has 4 heteroatoms. The highest BCUT2D eigenvalue weighted by Gasteiger charge is 2.62. The molecule has 5 rings (SSSR count). The summed E-state index contributed by atoms with van der Waals surface area (Å²) in [6, 6.07) is 0. The van der Waals surface area contributed by atoms with Gasteiger partial charge in [-0.1, -0.05) is 0 Å². The fourth-order valence-corrected chi connectivity index (χ4v) is 4.03. The first kappa shape index (κ1) is 9.83. The Morgan fingerprint density at radius 3 is 1.31 bits per heavy atom. The lowest BCUT2D eigenvalue weighted by Crippen LogP contribution is -2.59. The van der Waals surface area contributed by atoms with Crippen molar-refractivity contribution in [2.24, 2.45) is 11.8 Å². The predicted octanol–water partition coefficient (Wildman–Crippen LogP) is 1.29. The van der Waals surface area contributed by atoms with Crippen LogP contribution in [0.25, 0.3) is 0 Å². The summed E-state index contributed by atoms with van der Waals surface area (Å²) in [4.78, 5) is 0. The minimum Gasteiger partial charge on any atom is -0.347 e. The summed E-state index contributed by atoms with van der Waals surface area (Å²) >= 11 is 0. The van der Waals surface area contributed by atoms with Gasteiger partial charge in [0.25, 0.3) is 0 Å². The highest BCUT2D eigenvalue weighted by atomic mass is 16.8. The summed E-state index contributed by atoms with van der Waals surface area (Å²) < 4.78 is 23.5. The smallest absolute Gasteiger partial charge is 0.171 e. The van der Waals surface area contributed by atoms with Crippen LogP contribution in [0.1, 0.15) is 25.7 Å². The number of fused-ring (bicyclic) bond motifs is 1. The largest absolute Gasteiger partial charge is 0.347 e. The Kier molecular flexibility index (Phi) is 1.96. The van der Waals surface area contributed by atoms with Gasteiger partial charge in [-0.3, -0.25) is 0 Å². The Morgan fingerprint density at radius 2 is 1.00 bits per heavy atom. The first-order chi connectivity index (χ1) is 7.83. The van der Waals surface area contributed by atoms with E-state index in [0.29, 0.717) is 11.8 Å². The molecule has 2 bridgehead atoms. The molecule has 3 aliphatic carbocycles. The van der Waals surface area contributed by atoms with Crippen molar-refractivity contribution < 1.29 is 18.9 Å². The van der Waals surface area contributed by atoms with Crippen molar-refractivity contribution in [1.82, 2.24) is 0 Å². The molecule has 2 unspecified atom stereocenters. The lowest BCUT2D eigenvalue weighted by Gasteiger charge is -2.54. The molecule has 5 fully saturated rings. The number of hydrogen-bond acceptors (Lipinski definition) is 4. The second-order valence-corrected chi connectivity index (χ2v) is 5.40. The molecule has 16 heavy (non-hydrogen) atoms. The summed E-state index contributed by atoms with van der Waals surface area (Å²) in [5, 5.41) is 0. The molecular formula is C12H18O4. The highest BCUT2D eigenvalue weighted by molar-refractivity contribution is 5.04. The first-order valence-electron chi connectivity index (χ1n) is 6.39. The molecule has 4 nitrogen and oxygen atoms in total. The minimum atomic E-state index is -0.288. The zero-order chi connectivity index (χ0) is 10.6. The maximum atomic E-state index is 5.88. The molecule has 0 aromatic rings. The molecule has 5 aliphatic rings. The third-order valence-corrected chi connectivity index (χ3v) is 4.72. The molecule has 90 valence electrons. The van der Waals surface area contributed by atoms with E-state index in [1.54, 1.807) is 0 Å². The van der Waals surface area contributed by atoms with Gasteiger partial charge in [-0.2, -0.15) is 0 Å². The topological polar surface area (TPSA) is 36.9 Å². The molecule has 2 saturated heterocycles. The van der Waals surface area contributed by atoms with E-state index in [9.17, 15) is 0 Å². The molecule has 0 radical (unpaired) electrons. The van der Waals surface area contributed by atoms with Crippen LogP contribution in [0.2, 0.25) is 0 Å². The van der Waals surface area contributed by atoms with E-state index in [1.165, 1.54) is 12.8 Å². The molecule has 2 atom stereocenters. The maximum Gasteiger partial charge on any atom is 0.171 e. The Balaban J connectivity index is 1.64. The molecule has 3 saturated carbocycles. The standard InChI is InChI=1S/C12H18O4/c1-2-10-8-11(13-3-4-14-11)9(1)7-12(10)15-5-6-16-12/h9-10H,1-8H2. The van der Waals surface area contributed by atoms with Crippen LogP contribution in [0.4, 0.5) is 0 Å². The van der Waals surface area contributed by atoms with E-state index in [2.05, 4.69) is 0 Å². The Labute approximate surface area is 95.2 Å².